The highest BCUT2D eigenvalue weighted by Gasteiger charge is 2.22. The lowest BCUT2D eigenvalue weighted by Gasteiger charge is -2.21. The van der Waals surface area contributed by atoms with Crippen LogP contribution >= 0.6 is 34.5 Å². The van der Waals surface area contributed by atoms with Gasteiger partial charge in [-0.25, -0.2) is 9.97 Å². The summed E-state index contributed by atoms with van der Waals surface area (Å²) in [5, 5.41) is 4.64. The van der Waals surface area contributed by atoms with Gasteiger partial charge in [0.15, 0.2) is 0 Å². The van der Waals surface area contributed by atoms with Crippen LogP contribution in [-0.2, 0) is 0 Å². The molecule has 0 atom stereocenters. The van der Waals surface area contributed by atoms with Crippen molar-refractivity contribution < 1.29 is 4.79 Å². The molecule has 0 aliphatic carbocycles. The number of nitrogens with two attached hydrogens (primary N) is 2. The minimum Gasteiger partial charge on any atom is -0.397 e. The number of nitrogen functional groups attached to an aromatic ring is 1. The molecule has 0 aliphatic rings. The number of carbonyl (C=O) groups excluding carboxylic acids is 1. The van der Waals surface area contributed by atoms with Crippen LogP contribution in [0, 0.1) is 0 Å². The molecule has 0 spiro atoms. The van der Waals surface area contributed by atoms with E-state index in [1.165, 1.54) is 0 Å². The van der Waals surface area contributed by atoms with Crippen molar-refractivity contribution in [3.8, 4) is 11.3 Å². The van der Waals surface area contributed by atoms with Crippen LogP contribution in [0.1, 0.15) is 30.4 Å². The second-order valence-electron chi connectivity index (χ2n) is 6.79. The molecule has 1 amide bonds. The highest BCUT2D eigenvalue weighted by Crippen LogP contribution is 2.40. The maximum atomic E-state index is 11.7. The second-order valence-corrected chi connectivity index (χ2v) is 8.60. The highest BCUT2D eigenvalue weighted by atomic mass is 35.5. The minimum absolute atomic E-state index is 0.252. The number of nitrogens with zero attached hydrogens (tertiary/aromatic N) is 2. The van der Waals surface area contributed by atoms with Crippen molar-refractivity contribution in [2.45, 2.75) is 26.3 Å². The first-order valence-electron chi connectivity index (χ1n) is 7.70. The van der Waals surface area contributed by atoms with Crippen molar-refractivity contribution in [1.82, 2.24) is 9.97 Å². The lowest BCUT2D eigenvalue weighted by atomic mass is 10.1. The molecular formula is C17H17Cl2N5OS. The monoisotopic (exact) mass is 409 g/mol. The first-order chi connectivity index (χ1) is 12.1. The van der Waals surface area contributed by atoms with E-state index in [-0.39, 0.29) is 16.1 Å². The first kappa shape index (κ1) is 18.7. The van der Waals surface area contributed by atoms with Gasteiger partial charge in [0.1, 0.15) is 9.71 Å². The zero-order valence-electron chi connectivity index (χ0n) is 14.4. The Morgan fingerprint density at radius 2 is 1.88 bits per heavy atom. The fraction of sp³-hybridized carbons (Fsp3) is 0.235. The van der Waals surface area contributed by atoms with Gasteiger partial charge in [0.2, 0.25) is 5.95 Å². The molecule has 0 aliphatic heterocycles. The van der Waals surface area contributed by atoms with Crippen molar-refractivity contribution in [1.29, 1.82) is 0 Å². The Kier molecular flexibility index (Phi) is 4.72. The van der Waals surface area contributed by atoms with Crippen molar-refractivity contribution in [2.24, 2.45) is 5.73 Å². The molecule has 26 heavy (non-hydrogen) atoms. The molecule has 0 bridgehead atoms. The molecule has 0 saturated heterocycles. The van der Waals surface area contributed by atoms with Crippen molar-refractivity contribution in [3.63, 3.8) is 0 Å². The predicted molar refractivity (Wildman–Crippen MR) is 109 cm³/mol. The van der Waals surface area contributed by atoms with Gasteiger partial charge in [-0.15, -0.1) is 11.3 Å². The van der Waals surface area contributed by atoms with E-state index in [2.05, 4.69) is 15.3 Å². The number of amides is 1. The molecule has 3 rings (SSSR count). The van der Waals surface area contributed by atoms with Gasteiger partial charge < -0.3 is 16.8 Å². The normalized spacial score (nSPS) is 11.7. The number of anilines is 2. The summed E-state index contributed by atoms with van der Waals surface area (Å²) in [6, 6.07) is 5.17. The van der Waals surface area contributed by atoms with Crippen LogP contribution in [-0.4, -0.2) is 21.4 Å². The third-order valence-corrected chi connectivity index (χ3v) is 5.35. The van der Waals surface area contributed by atoms with Crippen LogP contribution in [0.4, 0.5) is 11.6 Å². The SMILES string of the molecule is CC(C)(C)Nc1nc(-c2ccc(Cl)c(Cl)c2)c2c(N)c(C(N)=O)sc2n1. The Morgan fingerprint density at radius 3 is 2.46 bits per heavy atom. The van der Waals surface area contributed by atoms with E-state index in [0.717, 1.165) is 11.3 Å². The number of primary amides is 1. The highest BCUT2D eigenvalue weighted by molar-refractivity contribution is 7.21. The standard InChI is InChI=1S/C17H17Cl2N5OS/c1-17(2,3)24-16-22-12(7-4-5-8(18)9(19)6-7)10-11(20)13(14(21)25)26-15(10)23-16/h4-6H,20H2,1-3H3,(H2,21,25)(H,22,23,24). The minimum atomic E-state index is -0.601. The maximum absolute atomic E-state index is 11.7. The molecule has 0 unspecified atom stereocenters. The summed E-state index contributed by atoms with van der Waals surface area (Å²) in [6.45, 7) is 5.99. The predicted octanol–water partition coefficient (Wildman–Crippen LogP) is 4.56. The number of carbonyl (C=O) groups is 1. The summed E-state index contributed by atoms with van der Waals surface area (Å²) in [4.78, 5) is 21.6. The lowest BCUT2D eigenvalue weighted by molar-refractivity contribution is 0.100. The third-order valence-electron chi connectivity index (χ3n) is 3.49. The van der Waals surface area contributed by atoms with E-state index in [1.807, 2.05) is 20.8 Å². The number of aromatic nitrogens is 2. The van der Waals surface area contributed by atoms with E-state index in [4.69, 9.17) is 34.7 Å². The summed E-state index contributed by atoms with van der Waals surface area (Å²) in [5.41, 5.74) is 12.9. The Hall–Kier alpha value is -2.09. The fourth-order valence-electron chi connectivity index (χ4n) is 2.45. The molecule has 2 heterocycles. The number of nitrogens with one attached hydrogen (secondary N) is 1. The number of hydrogen-bond donors (Lipinski definition) is 3. The molecule has 136 valence electrons. The number of halogens is 2. The van der Waals surface area contributed by atoms with Crippen LogP contribution in [0.2, 0.25) is 10.0 Å². The van der Waals surface area contributed by atoms with Gasteiger partial charge in [-0.1, -0.05) is 29.3 Å². The Labute approximate surface area is 164 Å². The zero-order chi connectivity index (χ0) is 19.2. The van der Waals surface area contributed by atoms with Gasteiger partial charge >= 0.3 is 0 Å². The van der Waals surface area contributed by atoms with E-state index in [0.29, 0.717) is 37.5 Å². The summed E-state index contributed by atoms with van der Waals surface area (Å²) in [6.07, 6.45) is 0. The third kappa shape index (κ3) is 3.56. The molecule has 9 heteroatoms. The van der Waals surface area contributed by atoms with Crippen LogP contribution in [0.3, 0.4) is 0 Å². The molecule has 0 saturated carbocycles. The quantitative estimate of drug-likeness (QED) is 0.587. The first-order valence-corrected chi connectivity index (χ1v) is 9.27. The van der Waals surface area contributed by atoms with Gasteiger partial charge in [0.25, 0.3) is 5.91 Å². The summed E-state index contributed by atoms with van der Waals surface area (Å²) < 4.78 is 0. The molecule has 6 nitrogen and oxygen atoms in total. The zero-order valence-corrected chi connectivity index (χ0v) is 16.7. The van der Waals surface area contributed by atoms with Crippen molar-refractivity contribution in [2.75, 3.05) is 11.1 Å². The molecule has 5 N–H and O–H groups in total. The number of thiophene rings is 1. The van der Waals surface area contributed by atoms with Crippen LogP contribution in [0.15, 0.2) is 18.2 Å². The fourth-order valence-corrected chi connectivity index (χ4v) is 3.69. The van der Waals surface area contributed by atoms with Crippen LogP contribution in [0.25, 0.3) is 21.5 Å². The molecule has 2 aromatic heterocycles. The van der Waals surface area contributed by atoms with Gasteiger partial charge in [-0.05, 0) is 32.9 Å². The van der Waals surface area contributed by atoms with E-state index >= 15 is 0 Å². The summed E-state index contributed by atoms with van der Waals surface area (Å²) in [7, 11) is 0. The molecule has 3 aromatic rings. The van der Waals surface area contributed by atoms with Gasteiger partial charge in [0, 0.05) is 11.1 Å². The topological polar surface area (TPSA) is 107 Å². The van der Waals surface area contributed by atoms with Gasteiger partial charge in [0.05, 0.1) is 26.8 Å². The number of rotatable bonds is 3. The maximum Gasteiger partial charge on any atom is 0.260 e. The van der Waals surface area contributed by atoms with Crippen molar-refractivity contribution in [3.05, 3.63) is 33.1 Å². The van der Waals surface area contributed by atoms with Gasteiger partial charge in [-0.3, -0.25) is 4.79 Å². The van der Waals surface area contributed by atoms with Crippen LogP contribution < -0.4 is 16.8 Å². The number of benzene rings is 1. The van der Waals surface area contributed by atoms with E-state index < -0.39 is 5.91 Å². The lowest BCUT2D eigenvalue weighted by Crippen LogP contribution is -2.27. The smallest absolute Gasteiger partial charge is 0.260 e. The van der Waals surface area contributed by atoms with E-state index in [9.17, 15) is 4.79 Å². The van der Waals surface area contributed by atoms with Crippen molar-refractivity contribution >= 4 is 62.3 Å². The van der Waals surface area contributed by atoms with Gasteiger partial charge in [-0.2, -0.15) is 0 Å². The average Bonchev–Trinajstić information content (AvgIpc) is 2.85. The molecule has 0 fully saturated rings. The Morgan fingerprint density at radius 1 is 1.19 bits per heavy atom. The summed E-state index contributed by atoms with van der Waals surface area (Å²) in [5.74, 6) is -0.181. The number of hydrogen-bond acceptors (Lipinski definition) is 6. The van der Waals surface area contributed by atoms with E-state index in [1.54, 1.807) is 18.2 Å². The Balaban J connectivity index is 2.32. The Bertz CT molecular complexity index is 1030. The molecule has 1 aromatic carbocycles. The second kappa shape index (κ2) is 6.57. The summed E-state index contributed by atoms with van der Waals surface area (Å²) >= 11 is 13.3. The largest absolute Gasteiger partial charge is 0.397 e. The number of fused-ring (bicyclic) bond motifs is 1. The van der Waals surface area contributed by atoms with Crippen LogP contribution in [0.5, 0.6) is 0 Å². The molecular weight excluding hydrogens is 393 g/mol. The average molecular weight is 410 g/mol. The molecule has 0 radical (unpaired) electrons.